The molecule has 0 spiro atoms. The predicted molar refractivity (Wildman–Crippen MR) is 80.5 cm³/mol. The molecule has 0 aliphatic heterocycles. The van der Waals surface area contributed by atoms with Crippen molar-refractivity contribution in [1.82, 2.24) is 0 Å². The average molecular weight is 323 g/mol. The second-order valence-corrected chi connectivity index (χ2v) is 15.3. The Morgan fingerprint density at radius 3 is 1.10 bits per heavy atom. The standard InChI is InChI=1S/C12H26O6Si2/c1-15-11(13)9(17-19(3,4)5)10(12(14)16-2)18-20(6,7)8/h9-10H,1-8H3/t9-,10-/m1/s1. The predicted octanol–water partition coefficient (Wildman–Crippen LogP) is 1.77. The minimum Gasteiger partial charge on any atom is -0.467 e. The molecule has 2 atom stereocenters. The molecule has 0 aromatic rings. The minimum atomic E-state index is -2.07. The van der Waals surface area contributed by atoms with E-state index in [1.165, 1.54) is 14.2 Å². The summed E-state index contributed by atoms with van der Waals surface area (Å²) in [4.78, 5) is 23.9. The summed E-state index contributed by atoms with van der Waals surface area (Å²) in [6, 6.07) is 0. The number of esters is 2. The van der Waals surface area contributed by atoms with Crippen molar-refractivity contribution in [2.75, 3.05) is 14.2 Å². The fraction of sp³-hybridized carbons (Fsp3) is 0.833. The first-order chi connectivity index (χ1) is 8.91. The van der Waals surface area contributed by atoms with Crippen LogP contribution in [0.3, 0.4) is 0 Å². The van der Waals surface area contributed by atoms with Gasteiger partial charge in [-0.2, -0.15) is 0 Å². The highest BCUT2D eigenvalue weighted by Crippen LogP contribution is 2.19. The summed E-state index contributed by atoms with van der Waals surface area (Å²) in [5.41, 5.74) is 0. The molecule has 0 N–H and O–H groups in total. The number of carbonyl (C=O) groups excluding carboxylic acids is 2. The Morgan fingerprint density at radius 2 is 0.950 bits per heavy atom. The van der Waals surface area contributed by atoms with Crippen LogP contribution < -0.4 is 0 Å². The molecule has 118 valence electrons. The second kappa shape index (κ2) is 7.34. The lowest BCUT2D eigenvalue weighted by atomic mass is 10.2. The highest BCUT2D eigenvalue weighted by Gasteiger charge is 2.42. The molecule has 8 heteroatoms. The highest BCUT2D eigenvalue weighted by molar-refractivity contribution is 6.70. The maximum absolute atomic E-state index is 11.9. The number of ether oxygens (including phenoxy) is 2. The average Bonchev–Trinajstić information content (AvgIpc) is 2.29. The molecule has 0 aliphatic rings. The number of hydrogen-bond donors (Lipinski definition) is 0. The van der Waals surface area contributed by atoms with Crippen LogP contribution in [0.2, 0.25) is 39.3 Å². The smallest absolute Gasteiger partial charge is 0.337 e. The Bertz CT molecular complexity index is 311. The van der Waals surface area contributed by atoms with E-state index in [0.717, 1.165) is 0 Å². The van der Waals surface area contributed by atoms with Gasteiger partial charge < -0.3 is 18.3 Å². The van der Waals surface area contributed by atoms with Crippen molar-refractivity contribution in [2.24, 2.45) is 0 Å². The lowest BCUT2D eigenvalue weighted by molar-refractivity contribution is -0.166. The largest absolute Gasteiger partial charge is 0.467 e. The van der Waals surface area contributed by atoms with E-state index in [4.69, 9.17) is 18.3 Å². The molecule has 0 rings (SSSR count). The van der Waals surface area contributed by atoms with Crippen LogP contribution in [0.25, 0.3) is 0 Å². The molecule has 0 fully saturated rings. The minimum absolute atomic E-state index is 0.624. The topological polar surface area (TPSA) is 71.1 Å². The monoisotopic (exact) mass is 322 g/mol. The van der Waals surface area contributed by atoms with Crippen LogP contribution in [-0.2, 0) is 27.9 Å². The lowest BCUT2D eigenvalue weighted by Gasteiger charge is -2.32. The van der Waals surface area contributed by atoms with Gasteiger partial charge in [-0.3, -0.25) is 0 Å². The summed E-state index contributed by atoms with van der Waals surface area (Å²) in [6.07, 6.45) is -2.18. The van der Waals surface area contributed by atoms with Crippen LogP contribution in [0.1, 0.15) is 0 Å². The Hall–Kier alpha value is -0.706. The third-order valence-corrected chi connectivity index (χ3v) is 4.03. The van der Waals surface area contributed by atoms with Gasteiger partial charge in [-0.15, -0.1) is 0 Å². The van der Waals surface area contributed by atoms with E-state index < -0.39 is 40.8 Å². The van der Waals surface area contributed by atoms with Crippen LogP contribution >= 0.6 is 0 Å². The van der Waals surface area contributed by atoms with E-state index in [1.807, 2.05) is 39.3 Å². The molecule has 0 saturated carbocycles. The van der Waals surface area contributed by atoms with E-state index in [1.54, 1.807) is 0 Å². The van der Waals surface area contributed by atoms with E-state index in [9.17, 15) is 9.59 Å². The van der Waals surface area contributed by atoms with Crippen LogP contribution in [0.4, 0.5) is 0 Å². The number of methoxy groups -OCH3 is 2. The van der Waals surface area contributed by atoms with Gasteiger partial charge in [0.1, 0.15) is 0 Å². The Labute approximate surface area is 123 Å². The van der Waals surface area contributed by atoms with Crippen LogP contribution in [0.15, 0.2) is 0 Å². The summed E-state index contributed by atoms with van der Waals surface area (Å²) in [5.74, 6) is -1.25. The first kappa shape index (κ1) is 19.3. The Kier molecular flexibility index (Phi) is 7.09. The van der Waals surface area contributed by atoms with E-state index in [-0.39, 0.29) is 0 Å². The van der Waals surface area contributed by atoms with Gasteiger partial charge in [0, 0.05) is 0 Å². The number of carbonyl (C=O) groups is 2. The molecule has 6 nitrogen and oxygen atoms in total. The third-order valence-electron chi connectivity index (χ3n) is 2.10. The first-order valence-electron chi connectivity index (χ1n) is 6.42. The van der Waals surface area contributed by atoms with Crippen molar-refractivity contribution in [3.63, 3.8) is 0 Å². The molecule has 0 aromatic carbocycles. The molecule has 0 unspecified atom stereocenters. The van der Waals surface area contributed by atoms with Crippen molar-refractivity contribution in [3.05, 3.63) is 0 Å². The van der Waals surface area contributed by atoms with E-state index in [0.29, 0.717) is 0 Å². The molecule has 0 amide bonds. The second-order valence-electron chi connectivity index (χ2n) is 6.35. The Morgan fingerprint density at radius 1 is 0.700 bits per heavy atom. The maximum Gasteiger partial charge on any atom is 0.337 e. The zero-order valence-corrected chi connectivity index (χ0v) is 15.6. The number of rotatable bonds is 7. The van der Waals surface area contributed by atoms with Crippen molar-refractivity contribution >= 4 is 28.6 Å². The van der Waals surface area contributed by atoms with Crippen molar-refractivity contribution < 1.29 is 27.9 Å². The van der Waals surface area contributed by atoms with Gasteiger partial charge in [0.25, 0.3) is 0 Å². The Balaban J connectivity index is 5.39. The van der Waals surface area contributed by atoms with Gasteiger partial charge in [0.2, 0.25) is 0 Å². The first-order valence-corrected chi connectivity index (χ1v) is 13.2. The van der Waals surface area contributed by atoms with E-state index in [2.05, 4.69) is 0 Å². The molecule has 0 aromatic heterocycles. The zero-order chi connectivity index (χ0) is 16.1. The summed E-state index contributed by atoms with van der Waals surface area (Å²) in [7, 11) is -1.63. The summed E-state index contributed by atoms with van der Waals surface area (Å²) < 4.78 is 21.0. The molecule has 0 bridgehead atoms. The third kappa shape index (κ3) is 7.18. The molecule has 0 aliphatic carbocycles. The molecule has 0 saturated heterocycles. The van der Waals surface area contributed by atoms with Gasteiger partial charge in [0.15, 0.2) is 28.8 Å². The van der Waals surface area contributed by atoms with Crippen LogP contribution in [-0.4, -0.2) is 55.0 Å². The van der Waals surface area contributed by atoms with Crippen molar-refractivity contribution in [2.45, 2.75) is 51.5 Å². The molecule has 0 heterocycles. The SMILES string of the molecule is COC(=O)[C@H](O[Si](C)(C)C)[C@@H](O[Si](C)(C)C)C(=O)OC. The maximum atomic E-state index is 11.9. The normalized spacial score (nSPS) is 15.4. The fourth-order valence-corrected chi connectivity index (χ4v) is 3.42. The lowest BCUT2D eigenvalue weighted by Crippen LogP contribution is -2.52. The summed E-state index contributed by atoms with van der Waals surface area (Å²) in [5, 5.41) is 0. The fourth-order valence-electron chi connectivity index (χ4n) is 1.46. The van der Waals surface area contributed by atoms with Gasteiger partial charge in [0.05, 0.1) is 14.2 Å². The molecular formula is C12H26O6Si2. The molecular weight excluding hydrogens is 296 g/mol. The van der Waals surface area contributed by atoms with Crippen LogP contribution in [0, 0.1) is 0 Å². The number of hydrogen-bond acceptors (Lipinski definition) is 6. The summed E-state index contributed by atoms with van der Waals surface area (Å²) in [6.45, 7) is 11.5. The van der Waals surface area contributed by atoms with Crippen molar-refractivity contribution in [1.29, 1.82) is 0 Å². The van der Waals surface area contributed by atoms with Crippen LogP contribution in [0.5, 0.6) is 0 Å². The van der Waals surface area contributed by atoms with Gasteiger partial charge in [-0.1, -0.05) is 0 Å². The molecule has 0 radical (unpaired) electrons. The highest BCUT2D eigenvalue weighted by atomic mass is 28.4. The van der Waals surface area contributed by atoms with Gasteiger partial charge in [-0.25, -0.2) is 9.59 Å². The summed E-state index contributed by atoms with van der Waals surface area (Å²) >= 11 is 0. The van der Waals surface area contributed by atoms with Crippen molar-refractivity contribution in [3.8, 4) is 0 Å². The molecule has 20 heavy (non-hydrogen) atoms. The van der Waals surface area contributed by atoms with Gasteiger partial charge in [-0.05, 0) is 39.3 Å². The quantitative estimate of drug-likeness (QED) is 0.525. The van der Waals surface area contributed by atoms with Gasteiger partial charge >= 0.3 is 11.9 Å². The zero-order valence-electron chi connectivity index (χ0n) is 13.6. The van der Waals surface area contributed by atoms with E-state index >= 15 is 0 Å².